The highest BCUT2D eigenvalue weighted by molar-refractivity contribution is 7.78. The first-order valence-electron chi connectivity index (χ1n) is 9.68. The van der Waals surface area contributed by atoms with Crippen molar-refractivity contribution in [3.63, 3.8) is 0 Å². The summed E-state index contributed by atoms with van der Waals surface area (Å²) in [7, 11) is 0. The molecule has 0 unspecified atom stereocenters. The minimum Gasteiger partial charge on any atom is -0.195 e. The van der Waals surface area contributed by atoms with E-state index < -0.39 is 0 Å². The summed E-state index contributed by atoms with van der Waals surface area (Å²) in [6, 6.07) is 24.3. The molecule has 0 saturated carbocycles. The molecule has 0 fully saturated rings. The van der Waals surface area contributed by atoms with Crippen molar-refractivity contribution in [2.45, 2.75) is 26.2 Å². The highest BCUT2D eigenvalue weighted by atomic mass is 32.1. The van der Waals surface area contributed by atoms with Gasteiger partial charge in [-0.2, -0.15) is 4.99 Å². The summed E-state index contributed by atoms with van der Waals surface area (Å²) >= 11 is 4.63. The van der Waals surface area contributed by atoms with Crippen molar-refractivity contribution in [3.8, 4) is 34.8 Å². The Morgan fingerprint density at radius 2 is 1.17 bits per heavy atom. The van der Waals surface area contributed by atoms with E-state index in [-0.39, 0.29) is 0 Å². The van der Waals surface area contributed by atoms with Gasteiger partial charge in [-0.15, -0.1) is 0 Å². The maximum Gasteiger partial charge on any atom is 0.0739 e. The van der Waals surface area contributed by atoms with Crippen molar-refractivity contribution in [1.29, 1.82) is 0 Å². The molecule has 3 aromatic carbocycles. The van der Waals surface area contributed by atoms with E-state index in [9.17, 15) is 0 Å². The third-order valence-electron chi connectivity index (χ3n) is 4.38. The molecule has 3 aromatic rings. The second-order valence-corrected chi connectivity index (χ2v) is 6.74. The molecular weight excluding hydrogens is 370 g/mol. The van der Waals surface area contributed by atoms with Crippen molar-refractivity contribution in [2.24, 2.45) is 4.99 Å². The lowest BCUT2D eigenvalue weighted by molar-refractivity contribution is 0.828. The lowest BCUT2D eigenvalue weighted by atomic mass is 10.0. The van der Waals surface area contributed by atoms with E-state index in [1.54, 1.807) is 0 Å². The number of unbranched alkanes of at least 4 members (excludes halogenated alkanes) is 2. The van der Waals surface area contributed by atoms with Crippen LogP contribution < -0.4 is 0 Å². The Kier molecular flexibility index (Phi) is 7.56. The van der Waals surface area contributed by atoms with Gasteiger partial charge in [-0.3, -0.25) is 0 Å². The Labute approximate surface area is 178 Å². The van der Waals surface area contributed by atoms with Gasteiger partial charge in [-0.05, 0) is 78.3 Å². The lowest BCUT2D eigenvalue weighted by Crippen LogP contribution is -1.80. The van der Waals surface area contributed by atoms with Crippen molar-refractivity contribution in [3.05, 3.63) is 89.5 Å². The highest BCUT2D eigenvalue weighted by Gasteiger charge is 1.98. The van der Waals surface area contributed by atoms with Gasteiger partial charge in [0, 0.05) is 23.1 Å². The van der Waals surface area contributed by atoms with Crippen LogP contribution in [0.3, 0.4) is 0 Å². The van der Waals surface area contributed by atoms with E-state index in [0.29, 0.717) is 0 Å². The molecule has 0 N–H and O–H groups in total. The van der Waals surface area contributed by atoms with Crippen LogP contribution in [0.1, 0.15) is 42.9 Å². The molecule has 2 heteroatoms. The van der Waals surface area contributed by atoms with Crippen LogP contribution in [-0.4, -0.2) is 5.16 Å². The molecule has 1 nitrogen and oxygen atoms in total. The average molecular weight is 392 g/mol. The molecule has 0 bridgehead atoms. The second-order valence-electron chi connectivity index (χ2n) is 6.56. The van der Waals surface area contributed by atoms with E-state index in [0.717, 1.165) is 46.3 Å². The molecule has 0 aliphatic rings. The normalized spacial score (nSPS) is 9.41. The molecule has 0 atom stereocenters. The number of isothiocyanates is 1. The van der Waals surface area contributed by atoms with E-state index in [1.807, 2.05) is 60.7 Å². The van der Waals surface area contributed by atoms with Gasteiger partial charge in [0.2, 0.25) is 0 Å². The second kappa shape index (κ2) is 10.8. The van der Waals surface area contributed by atoms with Gasteiger partial charge in [-0.25, -0.2) is 0 Å². The molecule has 0 radical (unpaired) electrons. The summed E-state index contributed by atoms with van der Waals surface area (Å²) in [5.41, 5.74) is 6.09. The molecule has 0 aliphatic carbocycles. The van der Waals surface area contributed by atoms with Gasteiger partial charge >= 0.3 is 0 Å². The minimum absolute atomic E-state index is 0.809. The van der Waals surface area contributed by atoms with E-state index in [2.05, 4.69) is 65.1 Å². The number of hydrogen-bond acceptors (Lipinski definition) is 2. The van der Waals surface area contributed by atoms with E-state index >= 15 is 0 Å². The van der Waals surface area contributed by atoms with Gasteiger partial charge in [0.25, 0.3) is 0 Å². The van der Waals surface area contributed by atoms with Gasteiger partial charge in [-0.1, -0.05) is 61.3 Å². The Morgan fingerprint density at radius 3 is 1.69 bits per heavy atom. The third kappa shape index (κ3) is 6.31. The summed E-state index contributed by atoms with van der Waals surface area (Å²) in [6.07, 6.45) is 3.29. The molecule has 0 aliphatic heterocycles. The van der Waals surface area contributed by atoms with Crippen LogP contribution in [0.2, 0.25) is 0 Å². The largest absolute Gasteiger partial charge is 0.195 e. The SMILES string of the molecule is CCCCC#Cc1ccc(C#Cc2ccc(-c3ccc(N=C=S)cc3)cc2)cc1. The maximum atomic E-state index is 4.63. The fraction of sp³-hybridized carbons (Fsp3) is 0.148. The Morgan fingerprint density at radius 1 is 0.690 bits per heavy atom. The molecule has 0 spiro atoms. The summed E-state index contributed by atoms with van der Waals surface area (Å²) in [6.45, 7) is 2.18. The van der Waals surface area contributed by atoms with Crippen LogP contribution in [0.5, 0.6) is 0 Å². The van der Waals surface area contributed by atoms with Gasteiger partial charge in [0.05, 0.1) is 10.8 Å². The van der Waals surface area contributed by atoms with Crippen LogP contribution in [0.25, 0.3) is 11.1 Å². The van der Waals surface area contributed by atoms with Crippen LogP contribution >= 0.6 is 12.2 Å². The van der Waals surface area contributed by atoms with Crippen molar-refractivity contribution in [1.82, 2.24) is 0 Å². The van der Waals surface area contributed by atoms with Crippen LogP contribution in [0, 0.1) is 23.7 Å². The van der Waals surface area contributed by atoms with Crippen molar-refractivity contribution >= 4 is 23.1 Å². The quantitative estimate of drug-likeness (QED) is 0.201. The molecule has 0 amide bonds. The van der Waals surface area contributed by atoms with Crippen molar-refractivity contribution < 1.29 is 0 Å². The zero-order valence-corrected chi connectivity index (χ0v) is 17.2. The Bertz CT molecular complexity index is 1110. The first-order chi connectivity index (χ1) is 14.3. The Balaban J connectivity index is 1.66. The zero-order chi connectivity index (χ0) is 20.3. The molecule has 0 aromatic heterocycles. The molecule has 0 heterocycles. The molecule has 29 heavy (non-hydrogen) atoms. The standard InChI is InChI=1S/C27H21NS/c1-2-3-4-5-6-22-7-9-23(10-8-22)11-12-24-13-15-25(16-14-24)26-17-19-27(20-18-26)28-21-29/h7-10,13-20H,2-4H2,1H3. The lowest BCUT2D eigenvalue weighted by Gasteiger charge is -2.02. The minimum atomic E-state index is 0.809. The number of nitrogens with zero attached hydrogens (tertiary/aromatic N) is 1. The number of hydrogen-bond donors (Lipinski definition) is 0. The smallest absolute Gasteiger partial charge is 0.0739 e. The van der Waals surface area contributed by atoms with Gasteiger partial charge < -0.3 is 0 Å². The van der Waals surface area contributed by atoms with E-state index in [1.165, 1.54) is 6.42 Å². The molecular formula is C27H21NS. The van der Waals surface area contributed by atoms with E-state index in [4.69, 9.17) is 0 Å². The zero-order valence-electron chi connectivity index (χ0n) is 16.4. The molecule has 3 rings (SSSR count). The van der Waals surface area contributed by atoms with Crippen LogP contribution in [-0.2, 0) is 0 Å². The maximum absolute atomic E-state index is 4.63. The highest BCUT2D eigenvalue weighted by Crippen LogP contribution is 2.22. The monoisotopic (exact) mass is 391 g/mol. The first kappa shape index (κ1) is 20.3. The number of aliphatic imine (C=N–C) groups is 1. The van der Waals surface area contributed by atoms with Gasteiger partial charge in [0.15, 0.2) is 0 Å². The van der Waals surface area contributed by atoms with Gasteiger partial charge in [0.1, 0.15) is 0 Å². The fourth-order valence-electron chi connectivity index (χ4n) is 2.74. The average Bonchev–Trinajstić information content (AvgIpc) is 2.77. The van der Waals surface area contributed by atoms with Crippen LogP contribution in [0.4, 0.5) is 5.69 Å². The fourth-order valence-corrected chi connectivity index (χ4v) is 2.84. The number of benzene rings is 3. The summed E-state index contributed by atoms with van der Waals surface area (Å²) < 4.78 is 0. The molecule has 0 saturated heterocycles. The first-order valence-corrected chi connectivity index (χ1v) is 10.1. The summed E-state index contributed by atoms with van der Waals surface area (Å²) in [5.74, 6) is 12.9. The predicted molar refractivity (Wildman–Crippen MR) is 125 cm³/mol. The van der Waals surface area contributed by atoms with Crippen LogP contribution in [0.15, 0.2) is 77.8 Å². The van der Waals surface area contributed by atoms with Crippen molar-refractivity contribution in [2.75, 3.05) is 0 Å². The Hall–Kier alpha value is -3.42. The topological polar surface area (TPSA) is 12.4 Å². The number of thiocarbonyl (C=S) groups is 1. The summed E-state index contributed by atoms with van der Waals surface area (Å²) in [4.78, 5) is 3.98. The number of rotatable bonds is 4. The summed E-state index contributed by atoms with van der Waals surface area (Å²) in [5, 5.41) is 2.38. The molecule has 140 valence electrons. The predicted octanol–water partition coefficient (Wildman–Crippen LogP) is 7.03. The third-order valence-corrected chi connectivity index (χ3v) is 4.48.